The molecule has 0 fully saturated rings. The first-order valence-corrected chi connectivity index (χ1v) is 7.99. The van der Waals surface area contributed by atoms with E-state index >= 15 is 0 Å². The fourth-order valence-corrected chi connectivity index (χ4v) is 3.69. The van der Waals surface area contributed by atoms with Gasteiger partial charge in [-0.15, -0.1) is 0 Å². The van der Waals surface area contributed by atoms with Crippen LogP contribution in [0.5, 0.6) is 0 Å². The van der Waals surface area contributed by atoms with Crippen molar-refractivity contribution in [1.29, 1.82) is 0 Å². The van der Waals surface area contributed by atoms with E-state index in [1.807, 2.05) is 4.72 Å². The van der Waals surface area contributed by atoms with Crippen LogP contribution < -0.4 is 10.5 Å². The molecule has 1 aromatic heterocycles. The molecule has 3 N–H and O–H groups in total. The Hall–Kier alpha value is -1.45. The van der Waals surface area contributed by atoms with Gasteiger partial charge in [-0.05, 0) is 34.5 Å². The number of aryl methyl sites for hydroxylation is 1. The van der Waals surface area contributed by atoms with Crippen LogP contribution in [0.25, 0.3) is 0 Å². The lowest BCUT2D eigenvalue weighted by molar-refractivity contribution is 0.484. The molecule has 0 bridgehead atoms. The van der Waals surface area contributed by atoms with Gasteiger partial charge in [-0.2, -0.15) is 0 Å². The number of furan rings is 1. The van der Waals surface area contributed by atoms with Gasteiger partial charge in [-0.3, -0.25) is 4.72 Å². The zero-order chi connectivity index (χ0) is 15.8. The summed E-state index contributed by atoms with van der Waals surface area (Å²) >= 11 is 2.93. The first kappa shape index (κ1) is 15.9. The van der Waals surface area contributed by atoms with Crippen LogP contribution in [0.3, 0.4) is 0 Å². The Bertz CT molecular complexity index is 790. The van der Waals surface area contributed by atoms with E-state index < -0.39 is 27.3 Å². The topological polar surface area (TPSA) is 85.3 Å². The Balaban J connectivity index is 2.47. The Morgan fingerprint density at radius 3 is 2.62 bits per heavy atom. The van der Waals surface area contributed by atoms with E-state index in [-0.39, 0.29) is 27.4 Å². The molecule has 0 amide bonds. The van der Waals surface area contributed by atoms with E-state index in [1.165, 1.54) is 19.1 Å². The summed E-state index contributed by atoms with van der Waals surface area (Å²) in [5.41, 5.74) is 4.72. The summed E-state index contributed by atoms with van der Waals surface area (Å²) in [5.74, 6) is -1.77. The highest BCUT2D eigenvalue weighted by Gasteiger charge is 2.25. The van der Waals surface area contributed by atoms with Crippen LogP contribution in [-0.4, -0.2) is 8.42 Å². The highest BCUT2D eigenvalue weighted by molar-refractivity contribution is 9.10. The maximum absolute atomic E-state index is 13.9. The third kappa shape index (κ3) is 3.09. The van der Waals surface area contributed by atoms with Gasteiger partial charge in [0.2, 0.25) is 0 Å². The van der Waals surface area contributed by atoms with Gasteiger partial charge < -0.3 is 10.2 Å². The summed E-state index contributed by atoms with van der Waals surface area (Å²) in [6.07, 6.45) is 0. The summed E-state index contributed by atoms with van der Waals surface area (Å²) < 4.78 is 58.7. The van der Waals surface area contributed by atoms with Crippen LogP contribution in [0.4, 0.5) is 14.5 Å². The standard InChI is InChI=1S/C12H11BrF2N2O3S/c1-6-2-3-8(14)11(10(6)15)17-21(18,19)9-4-7(5-16)20-12(9)13/h2-4,17H,5,16H2,1H3. The van der Waals surface area contributed by atoms with E-state index in [4.69, 9.17) is 10.2 Å². The number of anilines is 1. The number of nitrogens with two attached hydrogens (primary N) is 1. The lowest BCUT2D eigenvalue weighted by Gasteiger charge is -2.10. The molecule has 5 nitrogen and oxygen atoms in total. The van der Waals surface area contributed by atoms with Crippen molar-refractivity contribution in [2.75, 3.05) is 4.72 Å². The molecule has 114 valence electrons. The van der Waals surface area contributed by atoms with Crippen molar-refractivity contribution in [3.05, 3.63) is 45.8 Å². The minimum absolute atomic E-state index is 0.0126. The monoisotopic (exact) mass is 380 g/mol. The molecule has 2 rings (SSSR count). The molecule has 0 spiro atoms. The zero-order valence-electron chi connectivity index (χ0n) is 10.8. The van der Waals surface area contributed by atoms with Crippen LogP contribution >= 0.6 is 15.9 Å². The minimum atomic E-state index is -4.22. The van der Waals surface area contributed by atoms with Crippen molar-refractivity contribution in [2.45, 2.75) is 18.4 Å². The first-order chi connectivity index (χ1) is 9.76. The maximum Gasteiger partial charge on any atom is 0.266 e. The Labute approximate surface area is 128 Å². The number of halogens is 3. The predicted molar refractivity (Wildman–Crippen MR) is 76.2 cm³/mol. The Kier molecular flexibility index (Phi) is 4.35. The molecule has 1 aromatic carbocycles. The van der Waals surface area contributed by atoms with Gasteiger partial charge >= 0.3 is 0 Å². The van der Waals surface area contributed by atoms with E-state index in [2.05, 4.69) is 15.9 Å². The molecule has 0 unspecified atom stereocenters. The molecule has 2 aromatic rings. The zero-order valence-corrected chi connectivity index (χ0v) is 13.2. The minimum Gasteiger partial charge on any atom is -0.452 e. The molecular weight excluding hydrogens is 370 g/mol. The second-order valence-corrected chi connectivity index (χ2v) is 6.58. The van der Waals surface area contributed by atoms with Crippen molar-refractivity contribution in [3.8, 4) is 0 Å². The van der Waals surface area contributed by atoms with Crippen LogP contribution in [0.15, 0.2) is 32.2 Å². The molecule has 21 heavy (non-hydrogen) atoms. The van der Waals surface area contributed by atoms with Gasteiger partial charge in [0.05, 0.1) is 6.54 Å². The summed E-state index contributed by atoms with van der Waals surface area (Å²) in [5, 5.41) is 0. The van der Waals surface area contributed by atoms with E-state index in [0.29, 0.717) is 0 Å². The SMILES string of the molecule is Cc1ccc(F)c(NS(=O)(=O)c2cc(CN)oc2Br)c1F. The predicted octanol–water partition coefficient (Wildman–Crippen LogP) is 2.89. The van der Waals surface area contributed by atoms with E-state index in [1.54, 1.807) is 0 Å². The molecule has 0 atom stereocenters. The maximum atomic E-state index is 13.9. The van der Waals surface area contributed by atoms with Crippen LogP contribution in [0.2, 0.25) is 0 Å². The number of hydrogen-bond acceptors (Lipinski definition) is 4. The fraction of sp³-hybridized carbons (Fsp3) is 0.167. The lowest BCUT2D eigenvalue weighted by Crippen LogP contribution is -2.15. The number of sulfonamides is 1. The van der Waals surface area contributed by atoms with Gasteiger partial charge in [0, 0.05) is 6.07 Å². The van der Waals surface area contributed by atoms with E-state index in [0.717, 1.165) is 6.07 Å². The molecule has 9 heteroatoms. The normalized spacial score (nSPS) is 11.7. The van der Waals surface area contributed by atoms with Crippen LogP contribution in [0.1, 0.15) is 11.3 Å². The smallest absolute Gasteiger partial charge is 0.266 e. The highest BCUT2D eigenvalue weighted by atomic mass is 79.9. The van der Waals surface area contributed by atoms with Crippen molar-refractivity contribution in [2.24, 2.45) is 5.73 Å². The summed E-state index contributed by atoms with van der Waals surface area (Å²) in [4.78, 5) is -0.289. The largest absolute Gasteiger partial charge is 0.452 e. The quantitative estimate of drug-likeness (QED) is 0.853. The Morgan fingerprint density at radius 1 is 1.38 bits per heavy atom. The van der Waals surface area contributed by atoms with E-state index in [9.17, 15) is 17.2 Å². The molecule has 0 saturated carbocycles. The molecule has 0 aliphatic carbocycles. The third-order valence-corrected chi connectivity index (χ3v) is 4.92. The van der Waals surface area contributed by atoms with Crippen LogP contribution in [0, 0.1) is 18.6 Å². The fourth-order valence-electron chi connectivity index (χ4n) is 1.62. The lowest BCUT2D eigenvalue weighted by atomic mass is 10.2. The number of benzene rings is 1. The second kappa shape index (κ2) is 5.74. The molecule has 0 aliphatic rings. The average Bonchev–Trinajstić information content (AvgIpc) is 2.81. The van der Waals surface area contributed by atoms with Crippen molar-refractivity contribution >= 4 is 31.6 Å². The van der Waals surface area contributed by atoms with Crippen molar-refractivity contribution in [3.63, 3.8) is 0 Å². The highest BCUT2D eigenvalue weighted by Crippen LogP contribution is 2.30. The molecule has 1 heterocycles. The van der Waals surface area contributed by atoms with Gasteiger partial charge in [0.25, 0.3) is 10.0 Å². The van der Waals surface area contributed by atoms with Crippen molar-refractivity contribution in [1.82, 2.24) is 0 Å². The Morgan fingerprint density at radius 2 is 2.05 bits per heavy atom. The summed E-state index contributed by atoms with van der Waals surface area (Å²) in [7, 11) is -4.22. The molecule has 0 aliphatic heterocycles. The third-order valence-electron chi connectivity index (χ3n) is 2.72. The van der Waals surface area contributed by atoms with Gasteiger partial charge in [-0.25, -0.2) is 17.2 Å². The first-order valence-electron chi connectivity index (χ1n) is 5.72. The van der Waals surface area contributed by atoms with Crippen molar-refractivity contribution < 1.29 is 21.6 Å². The molecule has 0 radical (unpaired) electrons. The number of rotatable bonds is 4. The average molecular weight is 381 g/mol. The summed E-state index contributed by atoms with van der Waals surface area (Å²) in [6.45, 7) is 1.38. The number of nitrogens with one attached hydrogen (secondary N) is 1. The molecule has 0 saturated heterocycles. The van der Waals surface area contributed by atoms with Gasteiger partial charge in [0.1, 0.15) is 22.2 Å². The van der Waals surface area contributed by atoms with Crippen LogP contribution in [-0.2, 0) is 16.6 Å². The number of hydrogen-bond donors (Lipinski definition) is 2. The second-order valence-electron chi connectivity index (χ2n) is 4.21. The van der Waals surface area contributed by atoms with Gasteiger partial charge in [-0.1, -0.05) is 6.07 Å². The van der Waals surface area contributed by atoms with Gasteiger partial charge in [0.15, 0.2) is 10.5 Å². The summed E-state index contributed by atoms with van der Waals surface area (Å²) in [6, 6.07) is 3.37. The molecular formula is C12H11BrF2N2O3S.